The molecule has 0 aliphatic heterocycles. The van der Waals surface area contributed by atoms with Gasteiger partial charge in [0.15, 0.2) is 0 Å². The zero-order chi connectivity index (χ0) is 12.5. The summed E-state index contributed by atoms with van der Waals surface area (Å²) in [6.45, 7) is 8.90. The highest BCUT2D eigenvalue weighted by atomic mass is 14.8. The molecule has 0 bridgehead atoms. The van der Waals surface area contributed by atoms with Crippen LogP contribution in [-0.4, -0.2) is 6.54 Å². The highest BCUT2D eigenvalue weighted by molar-refractivity contribution is 5.22. The van der Waals surface area contributed by atoms with Crippen LogP contribution in [0.2, 0.25) is 0 Å². The third kappa shape index (κ3) is 6.48. The van der Waals surface area contributed by atoms with E-state index in [1.807, 2.05) is 0 Å². The van der Waals surface area contributed by atoms with Gasteiger partial charge in [-0.3, -0.25) is 0 Å². The number of hydrogen-bond donors (Lipinski definition) is 1. The average Bonchev–Trinajstić information content (AvgIpc) is 2.33. The standard InChI is InChI=1S/C16H27N/c1-4-5-6-15-7-9-16(10-8-15)13-17-12-11-14(2)3/h7-10,14,17H,4-6,11-13H2,1-3H3. The van der Waals surface area contributed by atoms with Crippen LogP contribution in [0.4, 0.5) is 0 Å². The van der Waals surface area contributed by atoms with Crippen LogP contribution in [0, 0.1) is 5.92 Å². The van der Waals surface area contributed by atoms with E-state index in [1.54, 1.807) is 0 Å². The Morgan fingerprint density at radius 1 is 1.06 bits per heavy atom. The van der Waals surface area contributed by atoms with Gasteiger partial charge in [-0.15, -0.1) is 0 Å². The third-order valence-corrected chi connectivity index (χ3v) is 3.07. The van der Waals surface area contributed by atoms with Crippen molar-refractivity contribution in [3.05, 3.63) is 35.4 Å². The summed E-state index contributed by atoms with van der Waals surface area (Å²) in [5.74, 6) is 0.791. The fourth-order valence-corrected chi connectivity index (χ4v) is 1.83. The van der Waals surface area contributed by atoms with E-state index in [2.05, 4.69) is 50.4 Å². The quantitative estimate of drug-likeness (QED) is 0.665. The molecule has 1 nitrogen and oxygen atoms in total. The van der Waals surface area contributed by atoms with Crippen LogP contribution in [0.25, 0.3) is 0 Å². The van der Waals surface area contributed by atoms with Gasteiger partial charge in [0.25, 0.3) is 0 Å². The second-order valence-corrected chi connectivity index (χ2v) is 5.28. The maximum absolute atomic E-state index is 3.50. The SMILES string of the molecule is CCCCc1ccc(CNCCC(C)C)cc1. The van der Waals surface area contributed by atoms with Crippen LogP contribution < -0.4 is 5.32 Å². The zero-order valence-electron chi connectivity index (χ0n) is 11.6. The van der Waals surface area contributed by atoms with Crippen molar-refractivity contribution in [1.82, 2.24) is 5.32 Å². The minimum absolute atomic E-state index is 0.791. The Bertz CT molecular complexity index is 287. The lowest BCUT2D eigenvalue weighted by atomic mass is 10.1. The van der Waals surface area contributed by atoms with E-state index in [0.29, 0.717) is 0 Å². The Kier molecular flexibility index (Phi) is 6.95. The molecule has 0 saturated carbocycles. The molecule has 0 saturated heterocycles. The Hall–Kier alpha value is -0.820. The molecule has 17 heavy (non-hydrogen) atoms. The van der Waals surface area contributed by atoms with Gasteiger partial charge >= 0.3 is 0 Å². The lowest BCUT2D eigenvalue weighted by molar-refractivity contribution is 0.537. The topological polar surface area (TPSA) is 12.0 Å². The summed E-state index contributed by atoms with van der Waals surface area (Å²) in [5.41, 5.74) is 2.87. The van der Waals surface area contributed by atoms with E-state index in [0.717, 1.165) is 19.0 Å². The molecule has 0 heterocycles. The molecule has 0 spiro atoms. The van der Waals surface area contributed by atoms with Crippen molar-refractivity contribution in [2.45, 2.75) is 53.0 Å². The lowest BCUT2D eigenvalue weighted by Crippen LogP contribution is -2.16. The van der Waals surface area contributed by atoms with Crippen LogP contribution in [-0.2, 0) is 13.0 Å². The van der Waals surface area contributed by atoms with Crippen molar-refractivity contribution in [2.24, 2.45) is 5.92 Å². The number of benzene rings is 1. The molecule has 0 atom stereocenters. The largest absolute Gasteiger partial charge is 0.313 e. The first kappa shape index (κ1) is 14.2. The van der Waals surface area contributed by atoms with Crippen LogP contribution in [0.1, 0.15) is 51.2 Å². The van der Waals surface area contributed by atoms with Gasteiger partial charge in [-0.05, 0) is 42.9 Å². The van der Waals surface area contributed by atoms with Crippen LogP contribution in [0.3, 0.4) is 0 Å². The van der Waals surface area contributed by atoms with E-state index in [9.17, 15) is 0 Å². The van der Waals surface area contributed by atoms with E-state index in [1.165, 1.54) is 36.8 Å². The van der Waals surface area contributed by atoms with Gasteiger partial charge in [0.05, 0.1) is 0 Å². The summed E-state index contributed by atoms with van der Waals surface area (Å²) in [7, 11) is 0. The van der Waals surface area contributed by atoms with Gasteiger partial charge in [0.1, 0.15) is 0 Å². The average molecular weight is 233 g/mol. The van der Waals surface area contributed by atoms with E-state index in [-0.39, 0.29) is 0 Å². The zero-order valence-corrected chi connectivity index (χ0v) is 11.6. The van der Waals surface area contributed by atoms with Crippen molar-refractivity contribution in [3.63, 3.8) is 0 Å². The molecule has 1 rings (SSSR count). The maximum Gasteiger partial charge on any atom is 0.0205 e. The summed E-state index contributed by atoms with van der Waals surface area (Å²) in [6.07, 6.45) is 5.05. The summed E-state index contributed by atoms with van der Waals surface area (Å²) >= 11 is 0. The highest BCUT2D eigenvalue weighted by Gasteiger charge is 1.96. The summed E-state index contributed by atoms with van der Waals surface area (Å²) in [5, 5.41) is 3.50. The van der Waals surface area contributed by atoms with Crippen LogP contribution >= 0.6 is 0 Å². The molecule has 0 aliphatic rings. The minimum Gasteiger partial charge on any atom is -0.313 e. The van der Waals surface area contributed by atoms with Gasteiger partial charge in [0.2, 0.25) is 0 Å². The fourth-order valence-electron chi connectivity index (χ4n) is 1.83. The van der Waals surface area contributed by atoms with E-state index < -0.39 is 0 Å². The predicted octanol–water partition coefficient (Wildman–Crippen LogP) is 4.16. The molecule has 96 valence electrons. The summed E-state index contributed by atoms with van der Waals surface area (Å²) in [4.78, 5) is 0. The second kappa shape index (κ2) is 8.30. The molecule has 0 amide bonds. The van der Waals surface area contributed by atoms with Gasteiger partial charge < -0.3 is 5.32 Å². The molecule has 1 N–H and O–H groups in total. The van der Waals surface area contributed by atoms with Gasteiger partial charge in [-0.1, -0.05) is 51.5 Å². The number of aryl methyl sites for hydroxylation is 1. The normalized spacial score (nSPS) is 11.1. The Labute approximate surface area is 107 Å². The van der Waals surface area contributed by atoms with Crippen molar-refractivity contribution in [3.8, 4) is 0 Å². The van der Waals surface area contributed by atoms with Gasteiger partial charge in [-0.25, -0.2) is 0 Å². The van der Waals surface area contributed by atoms with Crippen molar-refractivity contribution < 1.29 is 0 Å². The third-order valence-electron chi connectivity index (χ3n) is 3.07. The van der Waals surface area contributed by atoms with Gasteiger partial charge in [-0.2, -0.15) is 0 Å². The fraction of sp³-hybridized carbons (Fsp3) is 0.625. The second-order valence-electron chi connectivity index (χ2n) is 5.28. The molecule has 0 unspecified atom stereocenters. The molecular formula is C16H27N. The van der Waals surface area contributed by atoms with E-state index in [4.69, 9.17) is 0 Å². The van der Waals surface area contributed by atoms with Gasteiger partial charge in [0, 0.05) is 6.54 Å². The Balaban J connectivity index is 2.25. The number of hydrogen-bond acceptors (Lipinski definition) is 1. The predicted molar refractivity (Wildman–Crippen MR) is 76.2 cm³/mol. The van der Waals surface area contributed by atoms with E-state index >= 15 is 0 Å². The first-order valence-corrected chi connectivity index (χ1v) is 7.01. The molecule has 0 fully saturated rings. The molecule has 1 aromatic carbocycles. The monoisotopic (exact) mass is 233 g/mol. The molecular weight excluding hydrogens is 206 g/mol. The molecule has 0 aliphatic carbocycles. The van der Waals surface area contributed by atoms with Crippen molar-refractivity contribution >= 4 is 0 Å². The van der Waals surface area contributed by atoms with Crippen LogP contribution in [0.15, 0.2) is 24.3 Å². The first-order chi connectivity index (χ1) is 8.22. The highest BCUT2D eigenvalue weighted by Crippen LogP contribution is 2.08. The molecule has 0 aromatic heterocycles. The molecule has 1 aromatic rings. The minimum atomic E-state index is 0.791. The first-order valence-electron chi connectivity index (χ1n) is 7.01. The van der Waals surface area contributed by atoms with Crippen molar-refractivity contribution in [1.29, 1.82) is 0 Å². The molecule has 0 radical (unpaired) electrons. The summed E-state index contributed by atoms with van der Waals surface area (Å²) < 4.78 is 0. The Morgan fingerprint density at radius 3 is 2.29 bits per heavy atom. The van der Waals surface area contributed by atoms with Crippen LogP contribution in [0.5, 0.6) is 0 Å². The smallest absolute Gasteiger partial charge is 0.0205 e. The summed E-state index contributed by atoms with van der Waals surface area (Å²) in [6, 6.07) is 9.06. The Morgan fingerprint density at radius 2 is 1.71 bits per heavy atom. The number of unbranched alkanes of at least 4 members (excludes halogenated alkanes) is 1. The maximum atomic E-state index is 3.50. The number of rotatable bonds is 8. The lowest BCUT2D eigenvalue weighted by Gasteiger charge is -2.07. The molecule has 1 heteroatoms. The van der Waals surface area contributed by atoms with Crippen molar-refractivity contribution in [2.75, 3.05) is 6.54 Å². The number of nitrogens with one attached hydrogen (secondary N) is 1.